The minimum absolute atomic E-state index is 0.00784. The predicted molar refractivity (Wildman–Crippen MR) is 107 cm³/mol. The molecular formula is C20H21ClN2O3S. The molecule has 0 bridgehead atoms. The lowest BCUT2D eigenvalue weighted by Crippen LogP contribution is -2.38. The SMILES string of the molecule is Cc1ccc(C)c(N2C(=O)N(Cc3ccc(Cl)cc3)[C@H]3CS(=O)(=O)C[C@H]32)c1. The maximum Gasteiger partial charge on any atom is 0.325 e. The summed E-state index contributed by atoms with van der Waals surface area (Å²) in [5, 5.41) is 0.629. The van der Waals surface area contributed by atoms with Gasteiger partial charge in [-0.05, 0) is 48.7 Å². The van der Waals surface area contributed by atoms with Crippen molar-refractivity contribution in [3.8, 4) is 0 Å². The number of benzene rings is 2. The first-order valence-electron chi connectivity index (χ1n) is 8.87. The lowest BCUT2D eigenvalue weighted by atomic mass is 10.1. The van der Waals surface area contributed by atoms with E-state index in [1.165, 1.54) is 0 Å². The van der Waals surface area contributed by atoms with Gasteiger partial charge in [0.25, 0.3) is 0 Å². The number of aryl methyl sites for hydroxylation is 2. The summed E-state index contributed by atoms with van der Waals surface area (Å²) in [6.07, 6.45) is 0. The summed E-state index contributed by atoms with van der Waals surface area (Å²) >= 11 is 5.95. The number of rotatable bonds is 3. The Labute approximate surface area is 164 Å². The van der Waals surface area contributed by atoms with Crippen LogP contribution in [0.3, 0.4) is 0 Å². The molecule has 0 aromatic heterocycles. The number of urea groups is 1. The van der Waals surface area contributed by atoms with E-state index in [2.05, 4.69) is 0 Å². The van der Waals surface area contributed by atoms with Crippen molar-refractivity contribution in [3.05, 3.63) is 64.2 Å². The Morgan fingerprint density at radius 2 is 1.70 bits per heavy atom. The average molecular weight is 405 g/mol. The number of fused-ring (bicyclic) bond motifs is 1. The van der Waals surface area contributed by atoms with Gasteiger partial charge in [-0.15, -0.1) is 0 Å². The van der Waals surface area contributed by atoms with Crippen molar-refractivity contribution in [1.29, 1.82) is 0 Å². The second-order valence-electron chi connectivity index (χ2n) is 7.41. The molecule has 0 aliphatic carbocycles. The number of carbonyl (C=O) groups is 1. The van der Waals surface area contributed by atoms with Gasteiger partial charge in [-0.1, -0.05) is 35.9 Å². The van der Waals surface area contributed by atoms with Gasteiger partial charge in [0.1, 0.15) is 0 Å². The minimum Gasteiger partial charge on any atom is -0.314 e. The van der Waals surface area contributed by atoms with E-state index in [1.807, 2.05) is 44.2 Å². The molecule has 0 N–H and O–H groups in total. The highest BCUT2D eigenvalue weighted by Crippen LogP contribution is 2.37. The van der Waals surface area contributed by atoms with Crippen LogP contribution in [0, 0.1) is 13.8 Å². The van der Waals surface area contributed by atoms with Crippen LogP contribution in [0.2, 0.25) is 5.02 Å². The second kappa shape index (κ2) is 6.53. The van der Waals surface area contributed by atoms with Crippen LogP contribution in [0.5, 0.6) is 0 Å². The summed E-state index contributed by atoms with van der Waals surface area (Å²) < 4.78 is 24.7. The molecule has 2 saturated heterocycles. The highest BCUT2D eigenvalue weighted by atomic mass is 35.5. The zero-order valence-corrected chi connectivity index (χ0v) is 16.8. The van der Waals surface area contributed by atoms with E-state index in [0.29, 0.717) is 11.6 Å². The smallest absolute Gasteiger partial charge is 0.314 e. The van der Waals surface area contributed by atoms with E-state index < -0.39 is 9.84 Å². The van der Waals surface area contributed by atoms with Crippen LogP contribution in [-0.4, -0.2) is 42.9 Å². The molecule has 2 heterocycles. The number of amides is 2. The maximum absolute atomic E-state index is 13.3. The molecule has 2 atom stereocenters. The number of anilines is 1. The Morgan fingerprint density at radius 3 is 2.41 bits per heavy atom. The van der Waals surface area contributed by atoms with Gasteiger partial charge in [0.15, 0.2) is 9.84 Å². The zero-order chi connectivity index (χ0) is 19.3. The Balaban J connectivity index is 1.73. The van der Waals surface area contributed by atoms with Crippen LogP contribution in [0.15, 0.2) is 42.5 Å². The van der Waals surface area contributed by atoms with Crippen LogP contribution in [0.1, 0.15) is 16.7 Å². The summed E-state index contributed by atoms with van der Waals surface area (Å²) in [7, 11) is -3.18. The third kappa shape index (κ3) is 3.32. The Morgan fingerprint density at radius 1 is 1.04 bits per heavy atom. The van der Waals surface area contributed by atoms with Crippen molar-refractivity contribution >= 4 is 33.2 Å². The molecule has 0 spiro atoms. The summed E-state index contributed by atoms with van der Waals surface area (Å²) in [5.41, 5.74) is 3.73. The summed E-state index contributed by atoms with van der Waals surface area (Å²) in [6.45, 7) is 4.29. The molecule has 0 saturated carbocycles. The van der Waals surface area contributed by atoms with Crippen LogP contribution in [0.4, 0.5) is 10.5 Å². The molecule has 2 aliphatic rings. The third-order valence-electron chi connectivity index (χ3n) is 5.37. The van der Waals surface area contributed by atoms with Crippen molar-refractivity contribution in [2.45, 2.75) is 32.5 Å². The molecule has 5 nitrogen and oxygen atoms in total. The van der Waals surface area contributed by atoms with Gasteiger partial charge in [0, 0.05) is 17.3 Å². The molecular weight excluding hydrogens is 384 g/mol. The zero-order valence-electron chi connectivity index (χ0n) is 15.2. The van der Waals surface area contributed by atoms with Gasteiger partial charge in [-0.25, -0.2) is 13.2 Å². The fourth-order valence-electron chi connectivity index (χ4n) is 4.01. The second-order valence-corrected chi connectivity index (χ2v) is 10.00. The molecule has 0 unspecified atom stereocenters. The Kier molecular flexibility index (Phi) is 4.43. The summed E-state index contributed by atoms with van der Waals surface area (Å²) in [6, 6.07) is 12.4. The van der Waals surface area contributed by atoms with Crippen molar-refractivity contribution < 1.29 is 13.2 Å². The Bertz CT molecular complexity index is 1000. The van der Waals surface area contributed by atoms with E-state index >= 15 is 0 Å². The van der Waals surface area contributed by atoms with Crippen LogP contribution in [0.25, 0.3) is 0 Å². The largest absolute Gasteiger partial charge is 0.325 e. The molecule has 7 heteroatoms. The van der Waals surface area contributed by atoms with Crippen molar-refractivity contribution in [2.75, 3.05) is 16.4 Å². The number of sulfone groups is 1. The number of hydrogen-bond acceptors (Lipinski definition) is 3. The molecule has 2 amide bonds. The van der Waals surface area contributed by atoms with Gasteiger partial charge < -0.3 is 4.90 Å². The van der Waals surface area contributed by atoms with Crippen molar-refractivity contribution in [1.82, 2.24) is 4.90 Å². The average Bonchev–Trinajstić information content (AvgIpc) is 3.03. The van der Waals surface area contributed by atoms with Crippen LogP contribution in [-0.2, 0) is 16.4 Å². The molecule has 2 aromatic rings. The van der Waals surface area contributed by atoms with Crippen molar-refractivity contribution in [2.24, 2.45) is 0 Å². The number of hydrogen-bond donors (Lipinski definition) is 0. The first kappa shape index (κ1) is 18.3. The van der Waals surface area contributed by atoms with Gasteiger partial charge >= 0.3 is 6.03 Å². The third-order valence-corrected chi connectivity index (χ3v) is 7.32. The predicted octanol–water partition coefficient (Wildman–Crippen LogP) is 3.56. The summed E-state index contributed by atoms with van der Waals surface area (Å²) in [5.74, 6) is 0.0201. The van der Waals surface area contributed by atoms with E-state index in [1.54, 1.807) is 21.9 Å². The molecule has 2 aromatic carbocycles. The molecule has 2 aliphatic heterocycles. The lowest BCUT2D eigenvalue weighted by molar-refractivity contribution is 0.206. The van der Waals surface area contributed by atoms with Crippen LogP contribution >= 0.6 is 11.6 Å². The fraction of sp³-hybridized carbons (Fsp3) is 0.350. The summed E-state index contributed by atoms with van der Waals surface area (Å²) in [4.78, 5) is 16.7. The molecule has 142 valence electrons. The van der Waals surface area contributed by atoms with Gasteiger partial charge in [-0.2, -0.15) is 0 Å². The monoisotopic (exact) mass is 404 g/mol. The maximum atomic E-state index is 13.3. The first-order chi connectivity index (χ1) is 12.7. The van der Waals surface area contributed by atoms with Gasteiger partial charge in [-0.3, -0.25) is 4.90 Å². The van der Waals surface area contributed by atoms with Gasteiger partial charge in [0.05, 0.1) is 23.6 Å². The molecule has 0 radical (unpaired) electrons. The number of nitrogens with zero attached hydrogens (tertiary/aromatic N) is 2. The highest BCUT2D eigenvalue weighted by Gasteiger charge is 2.54. The fourth-order valence-corrected chi connectivity index (χ4v) is 6.09. The first-order valence-corrected chi connectivity index (χ1v) is 11.1. The highest BCUT2D eigenvalue weighted by molar-refractivity contribution is 7.91. The normalized spacial score (nSPS) is 23.7. The van der Waals surface area contributed by atoms with E-state index in [0.717, 1.165) is 22.4 Å². The lowest BCUT2D eigenvalue weighted by Gasteiger charge is -2.24. The van der Waals surface area contributed by atoms with Crippen LogP contribution < -0.4 is 4.90 Å². The Hall–Kier alpha value is -2.05. The molecule has 2 fully saturated rings. The van der Waals surface area contributed by atoms with E-state index in [-0.39, 0.29) is 29.6 Å². The standard InChI is InChI=1S/C20H21ClN2O3S/c1-13-3-4-14(2)17(9-13)23-19-12-27(25,26)11-18(19)22(20(23)24)10-15-5-7-16(21)8-6-15/h3-9,18-19H,10-12H2,1-2H3/t18-,19+/m0/s1. The quantitative estimate of drug-likeness (QED) is 0.735. The molecule has 4 rings (SSSR count). The van der Waals surface area contributed by atoms with Gasteiger partial charge in [0.2, 0.25) is 0 Å². The minimum atomic E-state index is -3.18. The van der Waals surface area contributed by atoms with Crippen molar-refractivity contribution in [3.63, 3.8) is 0 Å². The molecule has 27 heavy (non-hydrogen) atoms. The van der Waals surface area contributed by atoms with E-state index in [4.69, 9.17) is 11.6 Å². The number of halogens is 1. The topological polar surface area (TPSA) is 57.7 Å². The number of carbonyl (C=O) groups excluding carboxylic acids is 1. The van der Waals surface area contributed by atoms with E-state index in [9.17, 15) is 13.2 Å².